The van der Waals surface area contributed by atoms with E-state index < -0.39 is 0 Å². The number of nitrogens with zero attached hydrogens (tertiary/aromatic N) is 5. The standard InChI is InChI=1S/C11H12N6/c1-16-8-14-15-11(16)7-13-10-4-2-3-9-12-5-6-17(9)10/h2-6,8,13H,7H2,1H3. The van der Waals surface area contributed by atoms with Crippen molar-refractivity contribution in [1.82, 2.24) is 24.1 Å². The minimum atomic E-state index is 0.633. The predicted octanol–water partition coefficient (Wildman–Crippen LogP) is 1.07. The molecule has 0 bridgehead atoms. The van der Waals surface area contributed by atoms with Gasteiger partial charge >= 0.3 is 0 Å². The first-order valence-corrected chi connectivity index (χ1v) is 5.33. The summed E-state index contributed by atoms with van der Waals surface area (Å²) in [5, 5.41) is 11.2. The molecule has 3 aromatic heterocycles. The van der Waals surface area contributed by atoms with Crippen LogP contribution >= 0.6 is 0 Å². The number of hydrogen-bond acceptors (Lipinski definition) is 4. The lowest BCUT2D eigenvalue weighted by molar-refractivity contribution is 0.809. The van der Waals surface area contributed by atoms with Gasteiger partial charge in [0.2, 0.25) is 0 Å². The maximum absolute atomic E-state index is 4.23. The molecule has 0 radical (unpaired) electrons. The third kappa shape index (κ3) is 1.73. The van der Waals surface area contributed by atoms with Crippen molar-refractivity contribution >= 4 is 11.5 Å². The van der Waals surface area contributed by atoms with E-state index in [9.17, 15) is 0 Å². The van der Waals surface area contributed by atoms with Crippen LogP contribution in [0, 0.1) is 0 Å². The summed E-state index contributed by atoms with van der Waals surface area (Å²) in [5.41, 5.74) is 0.924. The number of anilines is 1. The maximum Gasteiger partial charge on any atom is 0.151 e. The highest BCUT2D eigenvalue weighted by atomic mass is 15.3. The van der Waals surface area contributed by atoms with E-state index in [1.807, 2.05) is 40.4 Å². The van der Waals surface area contributed by atoms with E-state index in [4.69, 9.17) is 0 Å². The SMILES string of the molecule is Cn1cnnc1CNc1cccc2nccn12. The van der Waals surface area contributed by atoms with Gasteiger partial charge in [0.05, 0.1) is 6.54 Å². The Morgan fingerprint density at radius 1 is 1.35 bits per heavy atom. The highest BCUT2D eigenvalue weighted by Gasteiger charge is 2.03. The average molecular weight is 228 g/mol. The van der Waals surface area contributed by atoms with Crippen LogP contribution in [0.25, 0.3) is 5.65 Å². The van der Waals surface area contributed by atoms with E-state index in [-0.39, 0.29) is 0 Å². The topological polar surface area (TPSA) is 60.0 Å². The second-order valence-electron chi connectivity index (χ2n) is 3.78. The zero-order valence-corrected chi connectivity index (χ0v) is 9.41. The van der Waals surface area contributed by atoms with Crippen molar-refractivity contribution < 1.29 is 0 Å². The third-order valence-electron chi connectivity index (χ3n) is 2.66. The van der Waals surface area contributed by atoms with E-state index >= 15 is 0 Å². The number of aryl methyl sites for hydroxylation is 1. The molecule has 0 spiro atoms. The first-order chi connectivity index (χ1) is 8.34. The van der Waals surface area contributed by atoms with Crippen LogP contribution in [0.3, 0.4) is 0 Å². The first kappa shape index (κ1) is 9.83. The van der Waals surface area contributed by atoms with Gasteiger partial charge in [-0.2, -0.15) is 0 Å². The molecule has 0 fully saturated rings. The second kappa shape index (κ2) is 3.89. The Morgan fingerprint density at radius 3 is 3.12 bits per heavy atom. The normalized spacial score (nSPS) is 10.9. The Morgan fingerprint density at radius 2 is 2.29 bits per heavy atom. The largest absolute Gasteiger partial charge is 0.364 e. The van der Waals surface area contributed by atoms with Crippen molar-refractivity contribution in [1.29, 1.82) is 0 Å². The minimum absolute atomic E-state index is 0.633. The van der Waals surface area contributed by atoms with Crippen molar-refractivity contribution in [2.75, 3.05) is 5.32 Å². The Bertz CT molecular complexity index is 638. The summed E-state index contributed by atoms with van der Waals surface area (Å²) in [4.78, 5) is 4.23. The molecule has 3 heterocycles. The van der Waals surface area contributed by atoms with Gasteiger partial charge < -0.3 is 9.88 Å². The summed E-state index contributed by atoms with van der Waals surface area (Å²) < 4.78 is 3.89. The molecular formula is C11H12N6. The fraction of sp³-hybridized carbons (Fsp3) is 0.182. The van der Waals surface area contributed by atoms with Gasteiger partial charge in [-0.15, -0.1) is 10.2 Å². The van der Waals surface area contributed by atoms with Crippen molar-refractivity contribution in [2.45, 2.75) is 6.54 Å². The van der Waals surface area contributed by atoms with Gasteiger partial charge in [-0.3, -0.25) is 4.40 Å². The second-order valence-corrected chi connectivity index (χ2v) is 3.78. The summed E-state index contributed by atoms with van der Waals surface area (Å²) in [5.74, 6) is 1.88. The van der Waals surface area contributed by atoms with Crippen molar-refractivity contribution in [2.24, 2.45) is 7.05 Å². The van der Waals surface area contributed by atoms with Gasteiger partial charge in [-0.25, -0.2) is 4.98 Å². The highest BCUT2D eigenvalue weighted by molar-refractivity contribution is 5.49. The van der Waals surface area contributed by atoms with Crippen LogP contribution in [0.5, 0.6) is 0 Å². The molecule has 0 aliphatic carbocycles. The fourth-order valence-corrected chi connectivity index (χ4v) is 1.73. The molecule has 0 aliphatic heterocycles. The summed E-state index contributed by atoms with van der Waals surface area (Å²) >= 11 is 0. The molecule has 86 valence electrons. The van der Waals surface area contributed by atoms with E-state index in [0.29, 0.717) is 6.54 Å². The zero-order valence-electron chi connectivity index (χ0n) is 9.41. The molecule has 0 amide bonds. The Labute approximate surface area is 97.9 Å². The van der Waals surface area contributed by atoms with E-state index in [1.54, 1.807) is 12.5 Å². The lowest BCUT2D eigenvalue weighted by Crippen LogP contribution is -2.08. The number of imidazole rings is 1. The van der Waals surface area contributed by atoms with Gasteiger partial charge in [-0.1, -0.05) is 6.07 Å². The van der Waals surface area contributed by atoms with Gasteiger partial charge in [0, 0.05) is 19.4 Å². The van der Waals surface area contributed by atoms with E-state index in [2.05, 4.69) is 20.5 Å². The fourth-order valence-electron chi connectivity index (χ4n) is 1.73. The van der Waals surface area contributed by atoms with Crippen LogP contribution in [0.1, 0.15) is 5.82 Å². The van der Waals surface area contributed by atoms with Crippen LogP contribution in [0.15, 0.2) is 36.9 Å². The summed E-state index contributed by atoms with van der Waals surface area (Å²) in [6, 6.07) is 5.94. The monoisotopic (exact) mass is 228 g/mol. The molecule has 0 saturated carbocycles. The third-order valence-corrected chi connectivity index (χ3v) is 2.66. The van der Waals surface area contributed by atoms with Crippen LogP contribution in [-0.4, -0.2) is 24.1 Å². The molecule has 0 atom stereocenters. The molecule has 0 saturated heterocycles. The minimum Gasteiger partial charge on any atom is -0.364 e. The Kier molecular flexibility index (Phi) is 2.25. The molecular weight excluding hydrogens is 216 g/mol. The maximum atomic E-state index is 4.23. The molecule has 0 unspecified atom stereocenters. The smallest absolute Gasteiger partial charge is 0.151 e. The number of pyridine rings is 1. The number of nitrogens with one attached hydrogen (secondary N) is 1. The zero-order chi connectivity index (χ0) is 11.7. The van der Waals surface area contributed by atoms with Gasteiger partial charge in [0.1, 0.15) is 17.8 Å². The number of fused-ring (bicyclic) bond motifs is 1. The van der Waals surface area contributed by atoms with Crippen LogP contribution in [-0.2, 0) is 13.6 Å². The lowest BCUT2D eigenvalue weighted by atomic mass is 10.4. The first-order valence-electron chi connectivity index (χ1n) is 5.33. The Balaban J connectivity index is 1.86. The summed E-state index contributed by atoms with van der Waals surface area (Å²) in [6.07, 6.45) is 5.39. The van der Waals surface area contributed by atoms with Gasteiger partial charge in [0.25, 0.3) is 0 Å². The lowest BCUT2D eigenvalue weighted by Gasteiger charge is -2.08. The predicted molar refractivity (Wildman–Crippen MR) is 63.5 cm³/mol. The quantitative estimate of drug-likeness (QED) is 0.728. The Hall–Kier alpha value is -2.37. The highest BCUT2D eigenvalue weighted by Crippen LogP contribution is 2.11. The van der Waals surface area contributed by atoms with Crippen molar-refractivity contribution in [3.05, 3.63) is 42.7 Å². The van der Waals surface area contributed by atoms with Crippen LogP contribution < -0.4 is 5.32 Å². The number of hydrogen-bond donors (Lipinski definition) is 1. The molecule has 3 aromatic rings. The van der Waals surface area contributed by atoms with Crippen LogP contribution in [0.2, 0.25) is 0 Å². The van der Waals surface area contributed by atoms with Crippen LogP contribution in [0.4, 0.5) is 5.82 Å². The average Bonchev–Trinajstić information content (AvgIpc) is 2.95. The molecule has 6 nitrogen and oxygen atoms in total. The van der Waals surface area contributed by atoms with Crippen molar-refractivity contribution in [3.63, 3.8) is 0 Å². The summed E-state index contributed by atoms with van der Waals surface area (Å²) in [7, 11) is 1.93. The number of rotatable bonds is 3. The molecule has 6 heteroatoms. The van der Waals surface area contributed by atoms with E-state index in [0.717, 1.165) is 17.3 Å². The van der Waals surface area contributed by atoms with Gasteiger partial charge in [-0.05, 0) is 12.1 Å². The van der Waals surface area contributed by atoms with Gasteiger partial charge in [0.15, 0.2) is 5.82 Å². The van der Waals surface area contributed by atoms with E-state index in [1.165, 1.54) is 0 Å². The molecule has 1 N–H and O–H groups in total. The molecule has 0 aromatic carbocycles. The molecule has 17 heavy (non-hydrogen) atoms. The van der Waals surface area contributed by atoms with Crippen molar-refractivity contribution in [3.8, 4) is 0 Å². The molecule has 0 aliphatic rings. The summed E-state index contributed by atoms with van der Waals surface area (Å²) in [6.45, 7) is 0.633. The molecule has 3 rings (SSSR count). The number of aromatic nitrogens is 5.